The maximum atomic E-state index is 13.2. The number of hydrogen-bond donors (Lipinski definition) is 0. The van der Waals surface area contributed by atoms with E-state index in [0.717, 1.165) is 0 Å². The molecule has 0 unspecified atom stereocenters. The maximum Gasteiger partial charge on any atom is 0.245 e. The van der Waals surface area contributed by atoms with E-state index < -0.39 is 16.1 Å². The number of ether oxygens (including phenoxy) is 2. The maximum absolute atomic E-state index is 13.2. The summed E-state index contributed by atoms with van der Waals surface area (Å²) in [6, 6.07) is 9.05. The number of benzene rings is 2. The van der Waals surface area contributed by atoms with E-state index in [4.69, 9.17) is 37.2 Å². The van der Waals surface area contributed by atoms with Crippen molar-refractivity contribution in [3.8, 4) is 22.9 Å². The Bertz CT molecular complexity index is 1180. The molecule has 0 radical (unpaired) electrons. The van der Waals surface area contributed by atoms with Crippen LogP contribution in [0.25, 0.3) is 11.4 Å². The minimum atomic E-state index is -3.97. The van der Waals surface area contributed by atoms with Gasteiger partial charge in [-0.15, -0.1) is 0 Å². The summed E-state index contributed by atoms with van der Waals surface area (Å²) in [5, 5.41) is 4.30. The monoisotopic (exact) mass is 485 g/mol. The minimum absolute atomic E-state index is 0.0756. The van der Waals surface area contributed by atoms with Gasteiger partial charge in [0.15, 0.2) is 11.5 Å². The molecule has 1 heterocycles. The highest BCUT2D eigenvalue weighted by molar-refractivity contribution is 7.89. The van der Waals surface area contributed by atoms with Crippen molar-refractivity contribution in [2.24, 2.45) is 0 Å². The van der Waals surface area contributed by atoms with Crippen LogP contribution < -0.4 is 9.47 Å². The van der Waals surface area contributed by atoms with Gasteiger partial charge in [-0.3, -0.25) is 0 Å². The van der Waals surface area contributed by atoms with Crippen LogP contribution in [0.15, 0.2) is 45.8 Å². The highest BCUT2D eigenvalue weighted by Crippen LogP contribution is 2.32. The zero-order chi connectivity index (χ0) is 22.8. The quantitative estimate of drug-likeness (QED) is 0.457. The summed E-state index contributed by atoms with van der Waals surface area (Å²) in [4.78, 5) is 4.25. The van der Waals surface area contributed by atoms with E-state index in [1.807, 2.05) is 0 Å². The van der Waals surface area contributed by atoms with Gasteiger partial charge in [0.05, 0.1) is 25.8 Å². The van der Waals surface area contributed by atoms with Crippen molar-refractivity contribution in [2.45, 2.75) is 31.3 Å². The Hall–Kier alpha value is -2.33. The summed E-state index contributed by atoms with van der Waals surface area (Å²) in [6.45, 7) is 3.34. The SMILES string of the molecule is COc1ccc(-c2noc(CN(C(C)C)S(=O)(=O)c3cc(Cl)ccc3Cl)n2)cc1OC. The number of nitrogens with zero attached hydrogens (tertiary/aromatic N) is 3. The van der Waals surface area contributed by atoms with Gasteiger partial charge in [-0.05, 0) is 50.2 Å². The zero-order valence-electron chi connectivity index (χ0n) is 17.3. The molecule has 31 heavy (non-hydrogen) atoms. The summed E-state index contributed by atoms with van der Waals surface area (Å²) >= 11 is 12.1. The smallest absolute Gasteiger partial charge is 0.245 e. The van der Waals surface area contributed by atoms with Gasteiger partial charge in [0.2, 0.25) is 21.7 Å². The predicted molar refractivity (Wildman–Crippen MR) is 117 cm³/mol. The molecule has 0 aliphatic rings. The van der Waals surface area contributed by atoms with Crippen molar-refractivity contribution in [3.63, 3.8) is 0 Å². The average molecular weight is 486 g/mol. The van der Waals surface area contributed by atoms with Crippen LogP contribution in [0.4, 0.5) is 0 Å². The fraction of sp³-hybridized carbons (Fsp3) is 0.300. The molecule has 166 valence electrons. The van der Waals surface area contributed by atoms with Crippen LogP contribution in [0.1, 0.15) is 19.7 Å². The van der Waals surface area contributed by atoms with Crippen LogP contribution in [0, 0.1) is 0 Å². The van der Waals surface area contributed by atoms with E-state index in [9.17, 15) is 8.42 Å². The Morgan fingerprint density at radius 2 is 1.77 bits per heavy atom. The Morgan fingerprint density at radius 1 is 1.06 bits per heavy atom. The third-order valence-electron chi connectivity index (χ3n) is 4.46. The summed E-state index contributed by atoms with van der Waals surface area (Å²) in [6.07, 6.45) is 0. The Kier molecular flexibility index (Phi) is 7.10. The molecule has 0 amide bonds. The first-order chi connectivity index (χ1) is 14.7. The van der Waals surface area contributed by atoms with Crippen LogP contribution in [-0.4, -0.2) is 43.1 Å². The fourth-order valence-corrected chi connectivity index (χ4v) is 5.22. The van der Waals surface area contributed by atoms with E-state index in [1.54, 1.807) is 32.0 Å². The van der Waals surface area contributed by atoms with Gasteiger partial charge in [0.1, 0.15) is 4.90 Å². The van der Waals surface area contributed by atoms with Crippen molar-refractivity contribution in [1.29, 1.82) is 0 Å². The molecule has 0 aliphatic carbocycles. The van der Waals surface area contributed by atoms with E-state index >= 15 is 0 Å². The average Bonchev–Trinajstić information content (AvgIpc) is 3.21. The van der Waals surface area contributed by atoms with Crippen molar-refractivity contribution >= 4 is 33.2 Å². The molecule has 0 bridgehead atoms. The molecule has 0 fully saturated rings. The third-order valence-corrected chi connectivity index (χ3v) is 7.20. The largest absolute Gasteiger partial charge is 0.493 e. The first kappa shape index (κ1) is 23.3. The second-order valence-electron chi connectivity index (χ2n) is 6.80. The number of sulfonamides is 1. The molecule has 3 aromatic rings. The standard InChI is InChI=1S/C20H21Cl2N3O5S/c1-12(2)25(31(26,27)18-10-14(21)6-7-15(18)22)11-19-23-20(24-30-19)13-5-8-16(28-3)17(9-13)29-4/h5-10,12H,11H2,1-4H3. The number of hydrogen-bond acceptors (Lipinski definition) is 7. The van der Waals surface area contributed by atoms with Gasteiger partial charge in [0.25, 0.3) is 0 Å². The van der Waals surface area contributed by atoms with Crippen molar-refractivity contribution in [1.82, 2.24) is 14.4 Å². The fourth-order valence-electron chi connectivity index (χ4n) is 2.89. The van der Waals surface area contributed by atoms with E-state index in [1.165, 1.54) is 36.7 Å². The molecule has 2 aromatic carbocycles. The number of methoxy groups -OCH3 is 2. The van der Waals surface area contributed by atoms with Crippen molar-refractivity contribution < 1.29 is 22.4 Å². The van der Waals surface area contributed by atoms with E-state index in [2.05, 4.69) is 10.1 Å². The van der Waals surface area contributed by atoms with E-state index in [-0.39, 0.29) is 33.2 Å². The van der Waals surface area contributed by atoms with Crippen LogP contribution in [-0.2, 0) is 16.6 Å². The first-order valence-electron chi connectivity index (χ1n) is 9.19. The Labute approximate surface area is 190 Å². The lowest BCUT2D eigenvalue weighted by Crippen LogP contribution is -2.36. The van der Waals surface area contributed by atoms with Crippen LogP contribution in [0.5, 0.6) is 11.5 Å². The Morgan fingerprint density at radius 3 is 2.42 bits per heavy atom. The minimum Gasteiger partial charge on any atom is -0.493 e. The number of aromatic nitrogens is 2. The normalized spacial score (nSPS) is 11.9. The molecule has 0 spiro atoms. The molecule has 0 atom stereocenters. The lowest BCUT2D eigenvalue weighted by atomic mass is 10.2. The van der Waals surface area contributed by atoms with Gasteiger partial charge in [-0.1, -0.05) is 28.4 Å². The van der Waals surface area contributed by atoms with Crippen LogP contribution >= 0.6 is 23.2 Å². The highest BCUT2D eigenvalue weighted by Gasteiger charge is 2.31. The second-order valence-corrected chi connectivity index (χ2v) is 9.50. The molecule has 0 N–H and O–H groups in total. The second kappa shape index (κ2) is 9.44. The zero-order valence-corrected chi connectivity index (χ0v) is 19.6. The van der Waals surface area contributed by atoms with Crippen molar-refractivity contribution in [3.05, 3.63) is 52.3 Å². The molecular weight excluding hydrogens is 465 g/mol. The highest BCUT2D eigenvalue weighted by atomic mass is 35.5. The van der Waals surface area contributed by atoms with Crippen LogP contribution in [0.2, 0.25) is 10.0 Å². The van der Waals surface area contributed by atoms with Crippen LogP contribution in [0.3, 0.4) is 0 Å². The molecule has 0 aliphatic heterocycles. The number of rotatable bonds is 8. The first-order valence-corrected chi connectivity index (χ1v) is 11.4. The van der Waals surface area contributed by atoms with Gasteiger partial charge in [0, 0.05) is 16.6 Å². The molecule has 1 aromatic heterocycles. The summed E-state index contributed by atoms with van der Waals surface area (Å²) in [5.41, 5.74) is 0.629. The number of halogens is 2. The van der Waals surface area contributed by atoms with Gasteiger partial charge < -0.3 is 14.0 Å². The molecule has 8 nitrogen and oxygen atoms in total. The van der Waals surface area contributed by atoms with E-state index in [0.29, 0.717) is 17.1 Å². The molecule has 0 saturated carbocycles. The summed E-state index contributed by atoms with van der Waals surface area (Å²) in [7, 11) is -0.912. The third kappa shape index (κ3) is 4.95. The molecule has 3 rings (SSSR count). The summed E-state index contributed by atoms with van der Waals surface area (Å²) in [5.74, 6) is 1.48. The lowest BCUT2D eigenvalue weighted by Gasteiger charge is -2.24. The molecule has 11 heteroatoms. The predicted octanol–water partition coefficient (Wildman–Crippen LogP) is 4.66. The van der Waals surface area contributed by atoms with Gasteiger partial charge in [-0.25, -0.2) is 8.42 Å². The summed E-state index contributed by atoms with van der Waals surface area (Å²) < 4.78 is 43.5. The van der Waals surface area contributed by atoms with Crippen molar-refractivity contribution in [2.75, 3.05) is 14.2 Å². The van der Waals surface area contributed by atoms with Gasteiger partial charge >= 0.3 is 0 Å². The molecular formula is C20H21Cl2N3O5S. The lowest BCUT2D eigenvalue weighted by molar-refractivity contribution is 0.286. The van der Waals surface area contributed by atoms with Gasteiger partial charge in [-0.2, -0.15) is 9.29 Å². The topological polar surface area (TPSA) is 94.8 Å². The molecule has 0 saturated heterocycles. The Balaban J connectivity index is 1.92.